The van der Waals surface area contributed by atoms with Crippen molar-refractivity contribution < 1.29 is 0 Å². The molecule has 2 rings (SSSR count). The molecule has 0 N–H and O–H groups in total. The van der Waals surface area contributed by atoms with Gasteiger partial charge in [0, 0.05) is 11.6 Å². The Morgan fingerprint density at radius 2 is 2.31 bits per heavy atom. The Kier molecular flexibility index (Phi) is 4.05. The van der Waals surface area contributed by atoms with Crippen LogP contribution in [0.25, 0.3) is 0 Å². The lowest BCUT2D eigenvalue weighted by Gasteiger charge is -2.30. The van der Waals surface area contributed by atoms with Crippen molar-refractivity contribution in [2.45, 2.75) is 13.3 Å². The molecule has 0 aromatic rings. The number of halogens is 1. The van der Waals surface area contributed by atoms with Gasteiger partial charge in [0.15, 0.2) is 0 Å². The fourth-order valence-electron chi connectivity index (χ4n) is 1.73. The lowest BCUT2D eigenvalue weighted by Crippen LogP contribution is -2.33. The van der Waals surface area contributed by atoms with Crippen LogP contribution in [0.15, 0.2) is 38.9 Å². The van der Waals surface area contributed by atoms with Crippen molar-refractivity contribution in [1.82, 2.24) is 4.90 Å². The summed E-state index contributed by atoms with van der Waals surface area (Å²) in [7, 11) is 1.49. The van der Waals surface area contributed by atoms with Gasteiger partial charge in [0.1, 0.15) is 5.84 Å². The highest BCUT2D eigenvalue weighted by Gasteiger charge is 2.20. The first-order chi connectivity index (χ1) is 7.72. The summed E-state index contributed by atoms with van der Waals surface area (Å²) in [6, 6.07) is 0. The minimum atomic E-state index is 0.750. The smallest absolute Gasteiger partial charge is 0.128 e. The van der Waals surface area contributed by atoms with E-state index in [1.54, 1.807) is 0 Å². The zero-order valence-electron chi connectivity index (χ0n) is 8.98. The molecule has 86 valence electrons. The molecule has 2 aliphatic heterocycles. The van der Waals surface area contributed by atoms with Gasteiger partial charge in [-0.15, -0.1) is 11.7 Å². The predicted octanol–water partition coefficient (Wildman–Crippen LogP) is 3.59. The Hall–Kier alpha value is -0.320. The van der Waals surface area contributed by atoms with E-state index in [4.69, 9.17) is 11.6 Å². The van der Waals surface area contributed by atoms with Crippen LogP contribution in [0.1, 0.15) is 13.3 Å². The zero-order valence-corrected chi connectivity index (χ0v) is 11.4. The van der Waals surface area contributed by atoms with E-state index in [1.165, 1.54) is 21.4 Å². The normalized spacial score (nSPS) is 21.1. The van der Waals surface area contributed by atoms with Gasteiger partial charge in [-0.05, 0) is 41.9 Å². The van der Waals surface area contributed by atoms with E-state index >= 15 is 0 Å². The first kappa shape index (κ1) is 12.1. The van der Waals surface area contributed by atoms with E-state index in [9.17, 15) is 0 Å². The van der Waals surface area contributed by atoms with E-state index < -0.39 is 0 Å². The molecule has 2 heterocycles. The summed E-state index contributed by atoms with van der Waals surface area (Å²) < 4.78 is 0. The van der Waals surface area contributed by atoms with Gasteiger partial charge in [-0.2, -0.15) is 0 Å². The molecule has 0 amide bonds. The quantitative estimate of drug-likeness (QED) is 0.580. The number of nitrogens with zero attached hydrogens (tertiary/aromatic N) is 2. The lowest BCUT2D eigenvalue weighted by atomic mass is 10.2. The van der Waals surface area contributed by atoms with E-state index in [1.807, 2.05) is 18.2 Å². The molecular formula is C11H13ClN2S2. The van der Waals surface area contributed by atoms with Crippen LogP contribution in [0.3, 0.4) is 0 Å². The van der Waals surface area contributed by atoms with Crippen LogP contribution in [0.5, 0.6) is 0 Å². The van der Waals surface area contributed by atoms with Gasteiger partial charge in [-0.1, -0.05) is 17.7 Å². The van der Waals surface area contributed by atoms with Crippen LogP contribution in [-0.4, -0.2) is 23.8 Å². The molecule has 5 heteroatoms. The molecule has 0 radical (unpaired) electrons. The van der Waals surface area contributed by atoms with Crippen molar-refractivity contribution in [3.63, 3.8) is 0 Å². The molecule has 0 unspecified atom stereocenters. The summed E-state index contributed by atoms with van der Waals surface area (Å²) in [5.74, 6) is 0.980. The number of allylic oxidation sites excluding steroid dienone is 2. The second-order valence-electron chi connectivity index (χ2n) is 3.71. The van der Waals surface area contributed by atoms with Crippen molar-refractivity contribution in [3.8, 4) is 0 Å². The average Bonchev–Trinajstić information content (AvgIpc) is 2.25. The molecule has 0 aliphatic carbocycles. The van der Waals surface area contributed by atoms with Crippen LogP contribution < -0.4 is 0 Å². The monoisotopic (exact) mass is 272 g/mol. The summed E-state index contributed by atoms with van der Waals surface area (Å²) in [6.07, 6.45) is 6.81. The Balaban J connectivity index is 2.30. The van der Waals surface area contributed by atoms with E-state index in [0.717, 1.165) is 30.4 Å². The van der Waals surface area contributed by atoms with Gasteiger partial charge in [-0.25, -0.2) is 0 Å². The maximum absolute atomic E-state index is 5.99. The summed E-state index contributed by atoms with van der Waals surface area (Å²) in [5, 5.41) is 1.98. The van der Waals surface area contributed by atoms with Crippen LogP contribution in [0, 0.1) is 0 Å². The molecule has 0 saturated heterocycles. The number of amidine groups is 1. The summed E-state index contributed by atoms with van der Waals surface area (Å²) in [4.78, 5) is 6.73. The fourth-order valence-corrected chi connectivity index (χ4v) is 3.17. The number of fused-ring (bicyclic) bond motifs is 1. The first-order valence-corrected chi connectivity index (χ1v) is 7.34. The molecule has 0 saturated carbocycles. The molecule has 0 spiro atoms. The fraction of sp³-hybridized carbons (Fsp3) is 0.364. The summed E-state index contributed by atoms with van der Waals surface area (Å²) in [6.45, 7) is 3.75. The topological polar surface area (TPSA) is 15.6 Å². The van der Waals surface area contributed by atoms with Crippen molar-refractivity contribution >= 4 is 39.9 Å². The lowest BCUT2D eigenvalue weighted by molar-refractivity contribution is 0.536. The summed E-state index contributed by atoms with van der Waals surface area (Å²) >= 11 is 10.3. The third-order valence-electron chi connectivity index (χ3n) is 2.54. The van der Waals surface area contributed by atoms with E-state index in [2.05, 4.69) is 28.5 Å². The largest absolute Gasteiger partial charge is 0.320 e. The number of thiol groups is 1. The standard InChI is InChI=1S/C11H13ClN2S2/c1-8-7-13-10-5-4-9(12)3-2-6-14(10)11(8)16-15/h3-5,15H,2,6-7H2,1H3. The highest BCUT2D eigenvalue weighted by molar-refractivity contribution is 8.70. The van der Waals surface area contributed by atoms with Crippen LogP contribution in [0.2, 0.25) is 0 Å². The number of hydrogen-bond acceptors (Lipinski definition) is 4. The minimum Gasteiger partial charge on any atom is -0.320 e. The number of aliphatic imine (C=N–C) groups is 1. The Labute approximate surface area is 110 Å². The van der Waals surface area contributed by atoms with Gasteiger partial charge < -0.3 is 4.90 Å². The minimum absolute atomic E-state index is 0.750. The van der Waals surface area contributed by atoms with Crippen molar-refractivity contribution in [3.05, 3.63) is 33.9 Å². The van der Waals surface area contributed by atoms with Gasteiger partial charge in [0.2, 0.25) is 0 Å². The Bertz CT molecular complexity index is 410. The maximum Gasteiger partial charge on any atom is 0.128 e. The predicted molar refractivity (Wildman–Crippen MR) is 76.0 cm³/mol. The molecule has 0 atom stereocenters. The van der Waals surface area contributed by atoms with Crippen LogP contribution >= 0.6 is 34.1 Å². The van der Waals surface area contributed by atoms with E-state index in [-0.39, 0.29) is 0 Å². The number of hydrogen-bond donors (Lipinski definition) is 1. The highest BCUT2D eigenvalue weighted by Crippen LogP contribution is 2.31. The third kappa shape index (κ3) is 2.50. The van der Waals surface area contributed by atoms with Crippen LogP contribution in [0.4, 0.5) is 0 Å². The zero-order chi connectivity index (χ0) is 11.5. The molecule has 0 fully saturated rings. The van der Waals surface area contributed by atoms with Gasteiger partial charge >= 0.3 is 0 Å². The highest BCUT2D eigenvalue weighted by atomic mass is 35.5. The Morgan fingerprint density at radius 1 is 1.50 bits per heavy atom. The van der Waals surface area contributed by atoms with Crippen molar-refractivity contribution in [2.24, 2.45) is 4.99 Å². The summed E-state index contributed by atoms with van der Waals surface area (Å²) in [5.41, 5.74) is 1.27. The van der Waals surface area contributed by atoms with Gasteiger partial charge in [0.05, 0.1) is 11.6 Å². The van der Waals surface area contributed by atoms with Crippen molar-refractivity contribution in [1.29, 1.82) is 0 Å². The molecule has 0 aromatic heterocycles. The Morgan fingerprint density at radius 3 is 3.06 bits per heavy atom. The second-order valence-corrected chi connectivity index (χ2v) is 5.27. The molecule has 2 nitrogen and oxygen atoms in total. The average molecular weight is 273 g/mol. The molecule has 16 heavy (non-hydrogen) atoms. The first-order valence-electron chi connectivity index (χ1n) is 5.09. The van der Waals surface area contributed by atoms with Crippen molar-refractivity contribution in [2.75, 3.05) is 13.1 Å². The molecular weight excluding hydrogens is 260 g/mol. The molecule has 0 bridgehead atoms. The second kappa shape index (κ2) is 5.34. The van der Waals surface area contributed by atoms with Gasteiger partial charge in [-0.3, -0.25) is 4.99 Å². The van der Waals surface area contributed by atoms with E-state index in [0.29, 0.717) is 0 Å². The van der Waals surface area contributed by atoms with Crippen LogP contribution in [-0.2, 0) is 0 Å². The molecule has 0 aromatic carbocycles. The number of rotatable bonds is 1. The third-order valence-corrected chi connectivity index (χ3v) is 4.08. The van der Waals surface area contributed by atoms with Gasteiger partial charge in [0.25, 0.3) is 0 Å². The maximum atomic E-state index is 5.99. The molecule has 2 aliphatic rings. The SMILES string of the molecule is CC1=C(SS)N2CCC=C(Cl)C=CC2=NC1.